The van der Waals surface area contributed by atoms with Crippen molar-refractivity contribution in [3.8, 4) is 5.75 Å². The van der Waals surface area contributed by atoms with Gasteiger partial charge in [0.25, 0.3) is 0 Å². The first-order valence-electron chi connectivity index (χ1n) is 13.3. The molecule has 2 bridgehead atoms. The van der Waals surface area contributed by atoms with Crippen LogP contribution in [-0.4, -0.2) is 60.4 Å². The van der Waals surface area contributed by atoms with E-state index in [0.717, 1.165) is 73.3 Å². The van der Waals surface area contributed by atoms with E-state index in [2.05, 4.69) is 56.4 Å². The highest BCUT2D eigenvalue weighted by atomic mass is 79.9. The SMILES string of the molecule is CC1=CCC2CC1CC(C)C2Nc1nc(Nc2ccc(OCCCN3CCOCC3)cc2)ncc1Br. The molecule has 194 valence electrons. The van der Waals surface area contributed by atoms with E-state index in [1.165, 1.54) is 12.8 Å². The number of halogens is 1. The molecule has 8 heteroatoms. The van der Waals surface area contributed by atoms with Crippen LogP contribution < -0.4 is 15.4 Å². The second-order valence-corrected chi connectivity index (χ2v) is 11.3. The van der Waals surface area contributed by atoms with Gasteiger partial charge in [0.05, 0.1) is 24.3 Å². The lowest BCUT2D eigenvalue weighted by Crippen LogP contribution is -2.43. The number of rotatable bonds is 9. The van der Waals surface area contributed by atoms with Gasteiger partial charge in [-0.2, -0.15) is 4.98 Å². The van der Waals surface area contributed by atoms with Crippen molar-refractivity contribution in [3.05, 3.63) is 46.6 Å². The third-order valence-corrected chi connectivity index (χ3v) is 8.48. The van der Waals surface area contributed by atoms with Crippen molar-refractivity contribution in [2.45, 2.75) is 45.6 Å². The molecule has 2 fully saturated rings. The molecule has 0 spiro atoms. The Kier molecular flexibility index (Phi) is 8.44. The molecule has 1 saturated carbocycles. The number of hydrogen-bond acceptors (Lipinski definition) is 7. The molecule has 4 atom stereocenters. The van der Waals surface area contributed by atoms with Gasteiger partial charge in [-0.05, 0) is 90.6 Å². The lowest BCUT2D eigenvalue weighted by molar-refractivity contribution is 0.0358. The number of ether oxygens (including phenoxy) is 2. The summed E-state index contributed by atoms with van der Waals surface area (Å²) in [4.78, 5) is 11.7. The van der Waals surface area contributed by atoms with E-state index in [4.69, 9.17) is 14.5 Å². The third-order valence-electron chi connectivity index (χ3n) is 7.90. The van der Waals surface area contributed by atoms with Gasteiger partial charge in [-0.25, -0.2) is 4.98 Å². The van der Waals surface area contributed by atoms with Crippen LogP contribution in [0.4, 0.5) is 17.5 Å². The van der Waals surface area contributed by atoms with Crippen molar-refractivity contribution >= 4 is 33.4 Å². The highest BCUT2D eigenvalue weighted by Gasteiger charge is 2.38. The Labute approximate surface area is 223 Å². The smallest absolute Gasteiger partial charge is 0.229 e. The van der Waals surface area contributed by atoms with Crippen molar-refractivity contribution < 1.29 is 9.47 Å². The van der Waals surface area contributed by atoms with Gasteiger partial charge in [-0.15, -0.1) is 0 Å². The van der Waals surface area contributed by atoms with Crippen molar-refractivity contribution in [3.63, 3.8) is 0 Å². The molecular weight excluding hydrogens is 518 g/mol. The van der Waals surface area contributed by atoms with Gasteiger partial charge in [-0.1, -0.05) is 18.6 Å². The largest absolute Gasteiger partial charge is 0.494 e. The van der Waals surface area contributed by atoms with E-state index in [-0.39, 0.29) is 0 Å². The maximum Gasteiger partial charge on any atom is 0.229 e. The number of benzene rings is 1. The van der Waals surface area contributed by atoms with Crippen molar-refractivity contribution in [2.24, 2.45) is 17.8 Å². The molecule has 5 rings (SSSR count). The van der Waals surface area contributed by atoms with E-state index in [9.17, 15) is 0 Å². The predicted octanol–water partition coefficient (Wildman–Crippen LogP) is 5.88. The molecule has 0 amide bonds. The first kappa shape index (κ1) is 25.5. The fourth-order valence-electron chi connectivity index (χ4n) is 5.80. The lowest BCUT2D eigenvalue weighted by Gasteiger charge is -2.44. The zero-order valence-electron chi connectivity index (χ0n) is 21.4. The Balaban J connectivity index is 1.14. The molecular formula is C28H38BrN5O2. The zero-order valence-corrected chi connectivity index (χ0v) is 23.0. The van der Waals surface area contributed by atoms with E-state index in [0.29, 0.717) is 30.4 Å². The quantitative estimate of drug-likeness (QED) is 0.296. The average Bonchev–Trinajstić information content (AvgIpc) is 2.89. The number of fused-ring (bicyclic) bond motifs is 2. The van der Waals surface area contributed by atoms with E-state index >= 15 is 0 Å². The van der Waals surface area contributed by atoms with Crippen LogP contribution in [0.5, 0.6) is 5.75 Å². The van der Waals surface area contributed by atoms with Crippen LogP contribution in [0.15, 0.2) is 46.6 Å². The summed E-state index contributed by atoms with van der Waals surface area (Å²) in [5, 5.41) is 7.10. The Morgan fingerprint density at radius 1 is 1.17 bits per heavy atom. The third kappa shape index (κ3) is 6.39. The van der Waals surface area contributed by atoms with E-state index in [1.807, 2.05) is 30.5 Å². The second-order valence-electron chi connectivity index (χ2n) is 10.5. The zero-order chi connectivity index (χ0) is 24.9. The standard InChI is InChI=1S/C28H38BrN5O2/c1-19-4-5-21-17-22(19)16-20(2)26(21)32-27-25(29)18-30-28(33-27)31-23-6-8-24(9-7-23)36-13-3-10-34-11-14-35-15-12-34/h4,6-9,18,20-22,26H,3,5,10-17H2,1-2H3,(H2,30,31,32,33). The molecule has 1 saturated heterocycles. The number of nitrogens with zero attached hydrogens (tertiary/aromatic N) is 3. The van der Waals surface area contributed by atoms with E-state index < -0.39 is 0 Å². The summed E-state index contributed by atoms with van der Waals surface area (Å²) in [5.41, 5.74) is 2.52. The summed E-state index contributed by atoms with van der Waals surface area (Å²) in [7, 11) is 0. The number of morpholine rings is 1. The maximum absolute atomic E-state index is 5.93. The molecule has 4 unspecified atom stereocenters. The van der Waals surface area contributed by atoms with Gasteiger partial charge in [0.2, 0.25) is 5.95 Å². The molecule has 1 aliphatic heterocycles. The van der Waals surface area contributed by atoms with Crippen LogP contribution in [0, 0.1) is 17.8 Å². The summed E-state index contributed by atoms with van der Waals surface area (Å²) in [6.07, 6.45) is 8.95. The van der Waals surface area contributed by atoms with Gasteiger partial charge in [-0.3, -0.25) is 4.90 Å². The molecule has 3 aliphatic rings. The summed E-state index contributed by atoms with van der Waals surface area (Å²) >= 11 is 3.65. The van der Waals surface area contributed by atoms with Crippen LogP contribution in [0.3, 0.4) is 0 Å². The summed E-state index contributed by atoms with van der Waals surface area (Å²) < 4.78 is 12.2. The van der Waals surface area contributed by atoms with Gasteiger partial charge in [0.15, 0.2) is 0 Å². The molecule has 0 radical (unpaired) electrons. The van der Waals surface area contributed by atoms with Crippen molar-refractivity contribution in [1.82, 2.24) is 14.9 Å². The Morgan fingerprint density at radius 3 is 2.78 bits per heavy atom. The normalized spacial score (nSPS) is 26.2. The summed E-state index contributed by atoms with van der Waals surface area (Å²) in [6, 6.07) is 8.43. The van der Waals surface area contributed by atoms with Crippen LogP contribution in [0.1, 0.15) is 39.5 Å². The van der Waals surface area contributed by atoms with Crippen molar-refractivity contribution in [2.75, 3.05) is 50.1 Å². The number of nitrogens with one attached hydrogen (secondary N) is 2. The highest BCUT2D eigenvalue weighted by Crippen LogP contribution is 2.44. The van der Waals surface area contributed by atoms with Gasteiger partial charge >= 0.3 is 0 Å². The van der Waals surface area contributed by atoms with Crippen LogP contribution in [-0.2, 0) is 4.74 Å². The molecule has 2 heterocycles. The van der Waals surface area contributed by atoms with E-state index in [1.54, 1.807) is 5.57 Å². The Hall–Kier alpha value is -2.16. The highest BCUT2D eigenvalue weighted by molar-refractivity contribution is 9.10. The Bertz CT molecular complexity index is 1040. The number of aromatic nitrogens is 2. The maximum atomic E-state index is 5.93. The first-order valence-corrected chi connectivity index (χ1v) is 14.1. The topological polar surface area (TPSA) is 71.5 Å². The molecule has 36 heavy (non-hydrogen) atoms. The second kappa shape index (κ2) is 11.9. The summed E-state index contributed by atoms with van der Waals surface area (Å²) in [6.45, 7) is 10.2. The van der Waals surface area contributed by atoms with Crippen LogP contribution >= 0.6 is 15.9 Å². The lowest BCUT2D eigenvalue weighted by atomic mass is 9.66. The Morgan fingerprint density at radius 2 is 1.97 bits per heavy atom. The first-order chi connectivity index (χ1) is 17.5. The van der Waals surface area contributed by atoms with Crippen LogP contribution in [0.2, 0.25) is 0 Å². The summed E-state index contributed by atoms with van der Waals surface area (Å²) in [5.74, 6) is 4.33. The van der Waals surface area contributed by atoms with Gasteiger partial charge in [0.1, 0.15) is 11.6 Å². The molecule has 1 aromatic carbocycles. The molecule has 2 N–H and O–H groups in total. The fourth-order valence-corrected chi connectivity index (χ4v) is 6.11. The van der Waals surface area contributed by atoms with Gasteiger partial charge in [0, 0.05) is 37.6 Å². The van der Waals surface area contributed by atoms with Crippen LogP contribution in [0.25, 0.3) is 0 Å². The number of anilines is 3. The molecule has 2 aliphatic carbocycles. The number of allylic oxidation sites excluding steroid dienone is 2. The monoisotopic (exact) mass is 555 g/mol. The minimum atomic E-state index is 0.421. The fraction of sp³-hybridized carbons (Fsp3) is 0.571. The molecule has 2 aromatic rings. The predicted molar refractivity (Wildman–Crippen MR) is 148 cm³/mol. The van der Waals surface area contributed by atoms with Crippen molar-refractivity contribution in [1.29, 1.82) is 0 Å². The van der Waals surface area contributed by atoms with Gasteiger partial charge < -0.3 is 20.1 Å². The number of hydrogen-bond donors (Lipinski definition) is 2. The minimum Gasteiger partial charge on any atom is -0.494 e. The minimum absolute atomic E-state index is 0.421. The molecule has 7 nitrogen and oxygen atoms in total. The molecule has 1 aromatic heterocycles. The average molecular weight is 557 g/mol.